The van der Waals surface area contributed by atoms with Gasteiger partial charge < -0.3 is 11.1 Å². The van der Waals surface area contributed by atoms with Crippen molar-refractivity contribution < 1.29 is 12.8 Å². The van der Waals surface area contributed by atoms with Crippen LogP contribution in [0, 0.1) is 5.82 Å². The number of rotatable bonds is 3. The number of benzene rings is 1. The third kappa shape index (κ3) is 3.26. The Morgan fingerprint density at radius 3 is 3.00 bits per heavy atom. The number of piperazine rings is 1. The van der Waals surface area contributed by atoms with Gasteiger partial charge in [-0.25, -0.2) is 12.8 Å². The lowest BCUT2D eigenvalue weighted by Crippen LogP contribution is -2.57. The fourth-order valence-corrected chi connectivity index (χ4v) is 5.17. The van der Waals surface area contributed by atoms with Crippen LogP contribution in [0.4, 0.5) is 10.1 Å². The summed E-state index contributed by atoms with van der Waals surface area (Å²) in [4.78, 5) is 0. The Morgan fingerprint density at radius 2 is 2.23 bits per heavy atom. The van der Waals surface area contributed by atoms with E-state index in [1.54, 1.807) is 10.4 Å². The molecule has 2 aliphatic heterocycles. The fourth-order valence-electron chi connectivity index (χ4n) is 3.36. The number of aryl methyl sites for hydroxylation is 1. The molecule has 0 aromatic heterocycles. The number of hydrogen-bond donors (Lipinski definition) is 2. The molecule has 3 atom stereocenters. The van der Waals surface area contributed by atoms with E-state index in [4.69, 9.17) is 5.73 Å². The number of nitrogens with two attached hydrogens (primary N) is 1. The van der Waals surface area contributed by atoms with Crippen molar-refractivity contribution in [3.63, 3.8) is 0 Å². The Hall–Kier alpha value is -1.18. The number of nitrogen functional groups attached to an aromatic ring is 1. The van der Waals surface area contributed by atoms with Gasteiger partial charge in [0, 0.05) is 30.9 Å². The number of anilines is 1. The fraction of sp³-hybridized carbons (Fsp3) is 0.600. The molecule has 7 heteroatoms. The van der Waals surface area contributed by atoms with Crippen molar-refractivity contribution in [3.05, 3.63) is 29.6 Å². The normalized spacial score (nSPS) is 30.7. The van der Waals surface area contributed by atoms with Gasteiger partial charge in [-0.3, -0.25) is 0 Å². The summed E-state index contributed by atoms with van der Waals surface area (Å²) in [5.41, 5.74) is 7.13. The standard InChI is InChI=1S/C15H22FN3O2S/c16-12-5-3-11(15(17)8-12)4-6-14-9-18-13-2-1-7-22(20,21)19(14)10-13/h3,5,8,13-14,18H,1-2,4,6-7,9-10,17H2. The van der Waals surface area contributed by atoms with Gasteiger partial charge in [0.15, 0.2) is 0 Å². The number of hydrogen-bond acceptors (Lipinski definition) is 4. The summed E-state index contributed by atoms with van der Waals surface area (Å²) in [5.74, 6) is -0.112. The molecule has 2 saturated heterocycles. The molecule has 5 nitrogen and oxygen atoms in total. The molecule has 1 aromatic carbocycles. The van der Waals surface area contributed by atoms with Crippen LogP contribution >= 0.6 is 0 Å². The highest BCUT2D eigenvalue weighted by Crippen LogP contribution is 2.24. The molecule has 0 saturated carbocycles. The minimum Gasteiger partial charge on any atom is -0.398 e. The Bertz CT molecular complexity index is 650. The maximum atomic E-state index is 13.1. The molecular weight excluding hydrogens is 305 g/mol. The molecule has 2 heterocycles. The van der Waals surface area contributed by atoms with Gasteiger partial charge in [-0.15, -0.1) is 0 Å². The van der Waals surface area contributed by atoms with Gasteiger partial charge in [0.25, 0.3) is 0 Å². The third-order valence-corrected chi connectivity index (χ3v) is 6.58. The zero-order valence-electron chi connectivity index (χ0n) is 12.5. The van der Waals surface area contributed by atoms with Gasteiger partial charge in [-0.1, -0.05) is 6.07 Å². The molecule has 0 radical (unpaired) electrons. The number of sulfonamides is 1. The average Bonchev–Trinajstić information content (AvgIpc) is 2.57. The SMILES string of the molecule is Nc1cc(F)ccc1CCC1CNC2CCCS(=O)(=O)N1C2. The number of nitrogens with one attached hydrogen (secondary N) is 1. The lowest BCUT2D eigenvalue weighted by Gasteiger charge is -2.37. The van der Waals surface area contributed by atoms with Crippen LogP contribution in [0.2, 0.25) is 0 Å². The average molecular weight is 327 g/mol. The zero-order valence-corrected chi connectivity index (χ0v) is 13.3. The first-order valence-corrected chi connectivity index (χ1v) is 9.33. The Morgan fingerprint density at radius 1 is 1.41 bits per heavy atom. The molecule has 2 fully saturated rings. The van der Waals surface area contributed by atoms with Gasteiger partial charge in [0.05, 0.1) is 5.75 Å². The minimum absolute atomic E-state index is 0.0520. The third-order valence-electron chi connectivity index (χ3n) is 4.62. The van der Waals surface area contributed by atoms with E-state index in [1.165, 1.54) is 12.1 Å². The summed E-state index contributed by atoms with van der Waals surface area (Å²) >= 11 is 0. The predicted octanol–water partition coefficient (Wildman–Crippen LogP) is 1.11. The largest absolute Gasteiger partial charge is 0.398 e. The van der Waals surface area contributed by atoms with Gasteiger partial charge in [0.2, 0.25) is 10.0 Å². The lowest BCUT2D eigenvalue weighted by atomic mass is 10.0. The molecule has 1 aromatic rings. The highest BCUT2D eigenvalue weighted by molar-refractivity contribution is 7.89. The molecule has 122 valence electrons. The highest BCUT2D eigenvalue weighted by Gasteiger charge is 2.37. The van der Waals surface area contributed by atoms with Crippen molar-refractivity contribution in [1.29, 1.82) is 0 Å². The molecule has 2 aliphatic rings. The predicted molar refractivity (Wildman–Crippen MR) is 84.4 cm³/mol. The maximum absolute atomic E-state index is 13.1. The minimum atomic E-state index is -3.16. The summed E-state index contributed by atoms with van der Waals surface area (Å²) in [6.07, 6.45) is 2.96. The van der Waals surface area contributed by atoms with Crippen LogP contribution in [-0.2, 0) is 16.4 Å². The van der Waals surface area contributed by atoms with E-state index in [0.717, 1.165) is 12.0 Å². The second-order valence-electron chi connectivity index (χ2n) is 6.17. The quantitative estimate of drug-likeness (QED) is 0.816. The summed E-state index contributed by atoms with van der Waals surface area (Å²) in [5, 5.41) is 3.44. The highest BCUT2D eigenvalue weighted by atomic mass is 32.2. The summed E-state index contributed by atoms with van der Waals surface area (Å²) in [7, 11) is -3.16. The van der Waals surface area contributed by atoms with E-state index in [1.807, 2.05) is 0 Å². The van der Waals surface area contributed by atoms with E-state index in [-0.39, 0.29) is 23.7 Å². The first-order valence-electron chi connectivity index (χ1n) is 7.72. The Balaban J connectivity index is 1.71. The molecular formula is C15H22FN3O2S. The Labute approximate surface area is 130 Å². The number of nitrogens with zero attached hydrogens (tertiary/aromatic N) is 1. The van der Waals surface area contributed by atoms with Gasteiger partial charge in [0.1, 0.15) is 5.82 Å². The first-order chi connectivity index (χ1) is 10.5. The molecule has 0 aliphatic carbocycles. The van der Waals surface area contributed by atoms with Gasteiger partial charge >= 0.3 is 0 Å². The maximum Gasteiger partial charge on any atom is 0.214 e. The van der Waals surface area contributed by atoms with Crippen LogP contribution < -0.4 is 11.1 Å². The second-order valence-corrected chi connectivity index (χ2v) is 8.21. The number of halogens is 1. The van der Waals surface area contributed by atoms with Crippen molar-refractivity contribution in [3.8, 4) is 0 Å². The van der Waals surface area contributed by atoms with Crippen LogP contribution in [-0.4, -0.2) is 43.6 Å². The van der Waals surface area contributed by atoms with Crippen LogP contribution in [0.1, 0.15) is 24.8 Å². The van der Waals surface area contributed by atoms with Gasteiger partial charge in [-0.05, 0) is 43.4 Å². The summed E-state index contributed by atoms with van der Waals surface area (Å²) in [6.45, 7) is 1.23. The van der Waals surface area contributed by atoms with E-state index in [0.29, 0.717) is 38.0 Å². The topological polar surface area (TPSA) is 75.4 Å². The van der Waals surface area contributed by atoms with Gasteiger partial charge in [-0.2, -0.15) is 4.31 Å². The van der Waals surface area contributed by atoms with E-state index < -0.39 is 10.0 Å². The van der Waals surface area contributed by atoms with E-state index >= 15 is 0 Å². The Kier molecular flexibility index (Phi) is 4.38. The van der Waals surface area contributed by atoms with Crippen molar-refractivity contribution in [1.82, 2.24) is 9.62 Å². The van der Waals surface area contributed by atoms with Crippen LogP contribution in [0.15, 0.2) is 18.2 Å². The summed E-state index contributed by atoms with van der Waals surface area (Å²) < 4.78 is 39.5. The van der Waals surface area contributed by atoms with Crippen molar-refractivity contribution in [2.45, 2.75) is 37.8 Å². The molecule has 3 rings (SSSR count). The van der Waals surface area contributed by atoms with E-state index in [2.05, 4.69) is 5.32 Å². The van der Waals surface area contributed by atoms with Crippen molar-refractivity contribution >= 4 is 15.7 Å². The first kappa shape index (κ1) is 15.7. The molecule has 3 N–H and O–H groups in total. The van der Waals surface area contributed by atoms with Crippen molar-refractivity contribution in [2.75, 3.05) is 24.6 Å². The van der Waals surface area contributed by atoms with Crippen molar-refractivity contribution in [2.24, 2.45) is 0 Å². The van der Waals surface area contributed by atoms with Crippen LogP contribution in [0.5, 0.6) is 0 Å². The number of fused-ring (bicyclic) bond motifs is 2. The molecule has 0 amide bonds. The van der Waals surface area contributed by atoms with E-state index in [9.17, 15) is 12.8 Å². The van der Waals surface area contributed by atoms with Crippen LogP contribution in [0.3, 0.4) is 0 Å². The monoisotopic (exact) mass is 327 g/mol. The van der Waals surface area contributed by atoms with Crippen LogP contribution in [0.25, 0.3) is 0 Å². The molecule has 3 unspecified atom stereocenters. The smallest absolute Gasteiger partial charge is 0.214 e. The molecule has 0 spiro atoms. The summed E-state index contributed by atoms with van der Waals surface area (Å²) in [6, 6.07) is 4.60. The zero-order chi connectivity index (χ0) is 15.7. The molecule has 2 bridgehead atoms. The lowest BCUT2D eigenvalue weighted by molar-refractivity contribution is 0.216. The molecule has 22 heavy (non-hydrogen) atoms. The second kappa shape index (κ2) is 6.14.